The molecule has 0 radical (unpaired) electrons. The molecule has 136 valence electrons. The largest absolute Gasteiger partial charge is 0.354 e. The number of fused-ring (bicyclic) bond motifs is 1. The molecular weight excluding hydrogens is 358 g/mol. The zero-order valence-electron chi connectivity index (χ0n) is 14.6. The average molecular weight is 377 g/mol. The third kappa shape index (κ3) is 4.52. The van der Waals surface area contributed by atoms with Gasteiger partial charge < -0.3 is 10.6 Å². The van der Waals surface area contributed by atoms with Crippen LogP contribution < -0.4 is 10.6 Å². The molecule has 0 aliphatic heterocycles. The summed E-state index contributed by atoms with van der Waals surface area (Å²) in [4.78, 5) is 25.1. The van der Waals surface area contributed by atoms with Crippen molar-refractivity contribution in [2.75, 3.05) is 13.1 Å². The first-order chi connectivity index (χ1) is 13.2. The summed E-state index contributed by atoms with van der Waals surface area (Å²) in [6.45, 7) is 0.480. The zero-order valence-corrected chi connectivity index (χ0v) is 15.5. The number of benzene rings is 2. The molecule has 2 amide bonds. The van der Waals surface area contributed by atoms with Crippen molar-refractivity contribution in [3.05, 3.63) is 71.1 Å². The topological polar surface area (TPSA) is 82.0 Å². The summed E-state index contributed by atoms with van der Waals surface area (Å²) in [5, 5.41) is 17.3. The standard InChI is InChI=1S/C21H19N3O2S/c22-11-6-12-23-21(26)17(13-24-20(25)15-7-2-1-3-8-15)18-14-27-19-10-5-4-9-16(18)19/h1-5,7-10,14,17H,6,12-13H2,(H,23,26)(H,24,25). The van der Waals surface area contributed by atoms with Crippen molar-refractivity contribution in [2.24, 2.45) is 0 Å². The molecule has 0 bridgehead atoms. The van der Waals surface area contributed by atoms with Gasteiger partial charge in [-0.3, -0.25) is 9.59 Å². The SMILES string of the molecule is N#CCCNC(=O)C(CNC(=O)c1ccccc1)c1csc2ccccc12. The Morgan fingerprint density at radius 1 is 1.04 bits per heavy atom. The van der Waals surface area contributed by atoms with Crippen LogP contribution in [0.4, 0.5) is 0 Å². The monoisotopic (exact) mass is 377 g/mol. The maximum absolute atomic E-state index is 12.7. The van der Waals surface area contributed by atoms with Gasteiger partial charge in [-0.2, -0.15) is 5.26 Å². The lowest BCUT2D eigenvalue weighted by atomic mass is 9.97. The van der Waals surface area contributed by atoms with E-state index in [2.05, 4.69) is 10.6 Å². The van der Waals surface area contributed by atoms with Gasteiger partial charge >= 0.3 is 0 Å². The molecular formula is C21H19N3O2S. The molecule has 1 unspecified atom stereocenters. The minimum Gasteiger partial charge on any atom is -0.354 e. The number of carbonyl (C=O) groups excluding carboxylic acids is 2. The molecule has 6 heteroatoms. The van der Waals surface area contributed by atoms with Gasteiger partial charge in [0.25, 0.3) is 5.91 Å². The summed E-state index contributed by atoms with van der Waals surface area (Å²) in [5.74, 6) is -0.931. The van der Waals surface area contributed by atoms with E-state index in [1.807, 2.05) is 41.8 Å². The molecule has 3 rings (SSSR count). The molecule has 1 atom stereocenters. The van der Waals surface area contributed by atoms with Gasteiger partial charge in [0, 0.05) is 23.4 Å². The lowest BCUT2D eigenvalue weighted by Gasteiger charge is -2.17. The van der Waals surface area contributed by atoms with Gasteiger partial charge in [0.05, 0.1) is 18.4 Å². The Balaban J connectivity index is 1.80. The smallest absolute Gasteiger partial charge is 0.251 e. The first-order valence-electron chi connectivity index (χ1n) is 8.64. The van der Waals surface area contributed by atoms with E-state index in [9.17, 15) is 9.59 Å². The summed E-state index contributed by atoms with van der Waals surface area (Å²) in [6, 6.07) is 18.8. The van der Waals surface area contributed by atoms with Crippen molar-refractivity contribution < 1.29 is 9.59 Å². The fourth-order valence-corrected chi connectivity index (χ4v) is 3.88. The maximum atomic E-state index is 12.7. The van der Waals surface area contributed by atoms with Gasteiger partial charge in [-0.05, 0) is 34.5 Å². The Labute approximate surface area is 161 Å². The highest BCUT2D eigenvalue weighted by Gasteiger charge is 2.24. The van der Waals surface area contributed by atoms with E-state index in [0.29, 0.717) is 12.1 Å². The fraction of sp³-hybridized carbons (Fsp3) is 0.190. The number of amides is 2. The summed E-state index contributed by atoms with van der Waals surface area (Å²) in [7, 11) is 0. The van der Waals surface area contributed by atoms with E-state index in [1.165, 1.54) is 0 Å². The Morgan fingerprint density at radius 2 is 1.78 bits per heavy atom. The lowest BCUT2D eigenvalue weighted by molar-refractivity contribution is -0.122. The maximum Gasteiger partial charge on any atom is 0.251 e. The average Bonchev–Trinajstić information content (AvgIpc) is 3.13. The van der Waals surface area contributed by atoms with Crippen molar-refractivity contribution in [1.29, 1.82) is 5.26 Å². The lowest BCUT2D eigenvalue weighted by Crippen LogP contribution is -2.37. The van der Waals surface area contributed by atoms with E-state index >= 15 is 0 Å². The molecule has 0 fully saturated rings. The first kappa shape index (κ1) is 18.6. The van der Waals surface area contributed by atoms with Crippen molar-refractivity contribution in [3.8, 4) is 6.07 Å². The number of carbonyl (C=O) groups is 2. The second-order valence-corrected chi connectivity index (χ2v) is 6.93. The summed E-state index contributed by atoms with van der Waals surface area (Å²) in [5.41, 5.74) is 1.44. The predicted octanol–water partition coefficient (Wildman–Crippen LogP) is 3.44. The minimum absolute atomic E-state index is 0.187. The zero-order chi connectivity index (χ0) is 19.1. The van der Waals surface area contributed by atoms with E-state index < -0.39 is 5.92 Å². The van der Waals surface area contributed by atoms with Crippen LogP contribution in [0.3, 0.4) is 0 Å². The van der Waals surface area contributed by atoms with E-state index in [4.69, 9.17) is 5.26 Å². The van der Waals surface area contributed by atoms with Gasteiger partial charge in [0.15, 0.2) is 0 Å². The number of nitrogens with zero attached hydrogens (tertiary/aromatic N) is 1. The highest BCUT2D eigenvalue weighted by atomic mass is 32.1. The van der Waals surface area contributed by atoms with Crippen LogP contribution in [-0.2, 0) is 4.79 Å². The van der Waals surface area contributed by atoms with Crippen LogP contribution in [0.25, 0.3) is 10.1 Å². The third-order valence-corrected chi connectivity index (χ3v) is 5.22. The van der Waals surface area contributed by atoms with Crippen LogP contribution in [0.5, 0.6) is 0 Å². The van der Waals surface area contributed by atoms with Gasteiger partial charge in [-0.25, -0.2) is 0 Å². The van der Waals surface area contributed by atoms with Crippen LogP contribution in [0.2, 0.25) is 0 Å². The second kappa shape index (κ2) is 8.97. The van der Waals surface area contributed by atoms with E-state index in [0.717, 1.165) is 15.6 Å². The number of hydrogen-bond acceptors (Lipinski definition) is 4. The number of hydrogen-bond donors (Lipinski definition) is 2. The Morgan fingerprint density at radius 3 is 2.56 bits per heavy atom. The van der Waals surface area contributed by atoms with Crippen molar-refractivity contribution in [2.45, 2.75) is 12.3 Å². The van der Waals surface area contributed by atoms with Crippen molar-refractivity contribution in [1.82, 2.24) is 10.6 Å². The fourth-order valence-electron chi connectivity index (χ4n) is 2.86. The van der Waals surface area contributed by atoms with Crippen molar-refractivity contribution >= 4 is 33.2 Å². The molecule has 1 heterocycles. The van der Waals surface area contributed by atoms with E-state index in [-0.39, 0.29) is 24.8 Å². The number of thiophene rings is 1. The summed E-state index contributed by atoms with van der Waals surface area (Å²) >= 11 is 1.57. The third-order valence-electron chi connectivity index (χ3n) is 4.24. The highest BCUT2D eigenvalue weighted by molar-refractivity contribution is 7.17. The normalized spacial score (nSPS) is 11.5. The minimum atomic E-state index is -0.521. The van der Waals surface area contributed by atoms with Crippen LogP contribution >= 0.6 is 11.3 Å². The van der Waals surface area contributed by atoms with Gasteiger partial charge in [-0.1, -0.05) is 36.4 Å². The summed E-state index contributed by atoms with van der Waals surface area (Å²) in [6.07, 6.45) is 0.249. The van der Waals surface area contributed by atoms with Crippen LogP contribution in [0.15, 0.2) is 60.0 Å². The predicted molar refractivity (Wildman–Crippen MR) is 107 cm³/mol. The van der Waals surface area contributed by atoms with E-state index in [1.54, 1.807) is 35.6 Å². The Kier molecular flexibility index (Phi) is 6.18. The number of rotatable bonds is 7. The molecule has 2 N–H and O–H groups in total. The molecule has 0 aliphatic rings. The van der Waals surface area contributed by atoms with Gasteiger partial charge in [0.2, 0.25) is 5.91 Å². The Hall–Kier alpha value is -3.17. The Bertz CT molecular complexity index is 976. The number of nitriles is 1. The molecule has 27 heavy (non-hydrogen) atoms. The molecule has 0 saturated carbocycles. The molecule has 5 nitrogen and oxygen atoms in total. The molecule has 1 aromatic heterocycles. The summed E-state index contributed by atoms with van der Waals surface area (Å²) < 4.78 is 1.09. The van der Waals surface area contributed by atoms with Crippen LogP contribution in [0, 0.1) is 11.3 Å². The van der Waals surface area contributed by atoms with Gasteiger partial charge in [-0.15, -0.1) is 11.3 Å². The molecule has 2 aromatic carbocycles. The molecule has 0 saturated heterocycles. The van der Waals surface area contributed by atoms with Gasteiger partial charge in [0.1, 0.15) is 0 Å². The molecule has 0 aliphatic carbocycles. The first-order valence-corrected chi connectivity index (χ1v) is 9.52. The quantitative estimate of drug-likeness (QED) is 0.619. The highest BCUT2D eigenvalue weighted by Crippen LogP contribution is 2.31. The number of nitrogens with one attached hydrogen (secondary N) is 2. The van der Waals surface area contributed by atoms with Crippen molar-refractivity contribution in [3.63, 3.8) is 0 Å². The van der Waals surface area contributed by atoms with Crippen LogP contribution in [0.1, 0.15) is 28.3 Å². The molecule has 0 spiro atoms. The molecule has 3 aromatic rings. The van der Waals surface area contributed by atoms with Crippen LogP contribution in [-0.4, -0.2) is 24.9 Å². The second-order valence-electron chi connectivity index (χ2n) is 6.01.